The molecular formula is C19H15BrN2O. The van der Waals surface area contributed by atoms with Crippen molar-refractivity contribution < 1.29 is 0 Å². The molecule has 4 rings (SSSR count). The largest absolute Gasteiger partial charge is 0.298 e. The van der Waals surface area contributed by atoms with Gasteiger partial charge in [0.2, 0.25) is 0 Å². The molecule has 0 radical (unpaired) electrons. The lowest BCUT2D eigenvalue weighted by atomic mass is 9.80. The Kier molecular flexibility index (Phi) is 3.54. The lowest BCUT2D eigenvalue weighted by molar-refractivity contribution is 0.825. The highest BCUT2D eigenvalue weighted by Crippen LogP contribution is 2.39. The second kappa shape index (κ2) is 5.70. The fraction of sp³-hybridized carbons (Fsp3) is 0.105. The maximum atomic E-state index is 12.2. The molecule has 2 aromatic carbocycles. The number of hydrogen-bond acceptors (Lipinski definition) is 1. The van der Waals surface area contributed by atoms with Gasteiger partial charge in [0.15, 0.2) is 0 Å². The van der Waals surface area contributed by atoms with E-state index in [2.05, 4.69) is 56.5 Å². The predicted octanol–water partition coefficient (Wildman–Crippen LogP) is 4.54. The van der Waals surface area contributed by atoms with E-state index in [1.54, 1.807) is 0 Å². The summed E-state index contributed by atoms with van der Waals surface area (Å²) >= 11 is 3.48. The van der Waals surface area contributed by atoms with Gasteiger partial charge in [-0.3, -0.25) is 15.0 Å². The molecule has 0 amide bonds. The molecule has 1 aliphatic carbocycles. The molecule has 1 aromatic heterocycles. The van der Waals surface area contributed by atoms with E-state index in [-0.39, 0.29) is 11.5 Å². The third-order valence-electron chi connectivity index (χ3n) is 4.35. The molecule has 4 heteroatoms. The van der Waals surface area contributed by atoms with Crippen LogP contribution in [0.15, 0.2) is 63.9 Å². The van der Waals surface area contributed by atoms with Gasteiger partial charge in [0.1, 0.15) is 0 Å². The molecule has 23 heavy (non-hydrogen) atoms. The number of fused-ring (bicyclic) bond motifs is 1. The number of aromatic amines is 2. The average molecular weight is 367 g/mol. The molecule has 114 valence electrons. The van der Waals surface area contributed by atoms with E-state index in [0.717, 1.165) is 22.2 Å². The molecule has 0 aliphatic heterocycles. The summed E-state index contributed by atoms with van der Waals surface area (Å²) in [5, 5.41) is 5.74. The number of benzene rings is 2. The summed E-state index contributed by atoms with van der Waals surface area (Å²) in [6, 6.07) is 18.5. The van der Waals surface area contributed by atoms with E-state index >= 15 is 0 Å². The van der Waals surface area contributed by atoms with Crippen LogP contribution in [0.4, 0.5) is 0 Å². The zero-order valence-corrected chi connectivity index (χ0v) is 13.9. The first-order valence-electron chi connectivity index (χ1n) is 7.54. The first-order valence-corrected chi connectivity index (χ1v) is 8.33. The number of nitrogens with one attached hydrogen (secondary N) is 2. The first kappa shape index (κ1) is 14.3. The fourth-order valence-electron chi connectivity index (χ4n) is 3.23. The summed E-state index contributed by atoms with van der Waals surface area (Å²) in [4.78, 5) is 12.2. The first-order chi connectivity index (χ1) is 11.2. The predicted molar refractivity (Wildman–Crippen MR) is 96.3 cm³/mol. The van der Waals surface area contributed by atoms with Gasteiger partial charge in [0, 0.05) is 10.4 Å². The van der Waals surface area contributed by atoms with Crippen LogP contribution in [0.25, 0.3) is 11.6 Å². The van der Waals surface area contributed by atoms with Crippen molar-refractivity contribution in [2.45, 2.75) is 12.3 Å². The molecule has 0 bridgehead atoms. The van der Waals surface area contributed by atoms with Gasteiger partial charge >= 0.3 is 0 Å². The second-order valence-corrected chi connectivity index (χ2v) is 6.67. The number of allylic oxidation sites excluding steroid dienone is 1. The minimum absolute atomic E-state index is 0.0278. The van der Waals surface area contributed by atoms with Crippen molar-refractivity contribution in [2.75, 3.05) is 0 Å². The van der Waals surface area contributed by atoms with Crippen molar-refractivity contribution in [1.82, 2.24) is 10.2 Å². The maximum Gasteiger partial charge on any atom is 0.268 e. The molecular weight excluding hydrogens is 352 g/mol. The molecule has 0 fully saturated rings. The molecule has 1 unspecified atom stereocenters. The number of halogens is 1. The highest BCUT2D eigenvalue weighted by molar-refractivity contribution is 9.10. The zero-order valence-electron chi connectivity index (χ0n) is 12.3. The van der Waals surface area contributed by atoms with Crippen LogP contribution >= 0.6 is 15.9 Å². The standard InChI is InChI=1S/C19H15BrN2O/c20-15-8-6-12(7-9-15)14-10-16(13-4-2-1-3-5-13)18-17(11-14)21-22-19(18)23/h1-9,11,16H,10H2,(H2,21,22,23). The van der Waals surface area contributed by atoms with Gasteiger partial charge in [-0.15, -0.1) is 0 Å². The van der Waals surface area contributed by atoms with Crippen LogP contribution in [0, 0.1) is 0 Å². The smallest absolute Gasteiger partial charge is 0.268 e. The Bertz CT molecular complexity index is 920. The van der Waals surface area contributed by atoms with Crippen LogP contribution in [0.5, 0.6) is 0 Å². The Labute approximate surface area is 142 Å². The van der Waals surface area contributed by atoms with Crippen LogP contribution in [0.1, 0.15) is 34.7 Å². The van der Waals surface area contributed by atoms with Crippen LogP contribution in [0.3, 0.4) is 0 Å². The van der Waals surface area contributed by atoms with Gasteiger partial charge in [-0.1, -0.05) is 58.4 Å². The quantitative estimate of drug-likeness (QED) is 0.686. The van der Waals surface area contributed by atoms with Gasteiger partial charge in [-0.05, 0) is 41.3 Å². The SMILES string of the molecule is O=c1[nH][nH]c2c1C(c1ccccc1)CC(c1ccc(Br)cc1)=C2. The minimum Gasteiger partial charge on any atom is -0.298 e. The minimum atomic E-state index is -0.0278. The molecule has 0 saturated heterocycles. The Hall–Kier alpha value is -2.33. The van der Waals surface area contributed by atoms with Crippen LogP contribution in [0.2, 0.25) is 0 Å². The number of hydrogen-bond donors (Lipinski definition) is 2. The third kappa shape index (κ3) is 2.59. The Morgan fingerprint density at radius 2 is 1.70 bits per heavy atom. The van der Waals surface area contributed by atoms with Gasteiger partial charge in [0.05, 0.1) is 11.3 Å². The van der Waals surface area contributed by atoms with Crippen molar-refractivity contribution in [3.8, 4) is 0 Å². The molecule has 0 spiro atoms. The number of aromatic nitrogens is 2. The van der Waals surface area contributed by atoms with Gasteiger partial charge in [-0.25, -0.2) is 0 Å². The number of rotatable bonds is 2. The van der Waals surface area contributed by atoms with Crippen LogP contribution in [-0.2, 0) is 0 Å². The molecule has 1 heterocycles. The van der Waals surface area contributed by atoms with E-state index in [9.17, 15) is 4.79 Å². The van der Waals surface area contributed by atoms with Gasteiger partial charge in [-0.2, -0.15) is 0 Å². The highest BCUT2D eigenvalue weighted by Gasteiger charge is 2.27. The summed E-state index contributed by atoms with van der Waals surface area (Å²) in [6.45, 7) is 0. The average Bonchev–Trinajstić information content (AvgIpc) is 2.97. The van der Waals surface area contributed by atoms with E-state index in [0.29, 0.717) is 0 Å². The van der Waals surface area contributed by atoms with E-state index in [1.165, 1.54) is 16.7 Å². The summed E-state index contributed by atoms with van der Waals surface area (Å²) < 4.78 is 1.06. The van der Waals surface area contributed by atoms with Crippen LogP contribution in [-0.4, -0.2) is 10.2 Å². The zero-order chi connectivity index (χ0) is 15.8. The monoisotopic (exact) mass is 366 g/mol. The number of H-pyrrole nitrogens is 2. The Morgan fingerprint density at radius 3 is 2.43 bits per heavy atom. The van der Waals surface area contributed by atoms with Crippen molar-refractivity contribution in [3.05, 3.63) is 91.8 Å². The molecule has 3 aromatic rings. The fourth-order valence-corrected chi connectivity index (χ4v) is 3.50. The summed E-state index contributed by atoms with van der Waals surface area (Å²) in [7, 11) is 0. The lowest BCUT2D eigenvalue weighted by Gasteiger charge is -2.23. The summed E-state index contributed by atoms with van der Waals surface area (Å²) in [5.41, 5.74) is 5.27. The van der Waals surface area contributed by atoms with E-state index < -0.39 is 0 Å². The van der Waals surface area contributed by atoms with Crippen LogP contribution < -0.4 is 5.56 Å². The lowest BCUT2D eigenvalue weighted by Crippen LogP contribution is -2.16. The molecule has 1 atom stereocenters. The van der Waals surface area contributed by atoms with Crippen molar-refractivity contribution >= 4 is 27.6 Å². The maximum absolute atomic E-state index is 12.2. The summed E-state index contributed by atoms with van der Waals surface area (Å²) in [5.74, 6) is 0.0739. The summed E-state index contributed by atoms with van der Waals surface area (Å²) in [6.07, 6.45) is 2.90. The molecule has 3 nitrogen and oxygen atoms in total. The van der Waals surface area contributed by atoms with Crippen molar-refractivity contribution in [3.63, 3.8) is 0 Å². The highest BCUT2D eigenvalue weighted by atomic mass is 79.9. The Balaban J connectivity index is 1.84. The van der Waals surface area contributed by atoms with Gasteiger partial charge < -0.3 is 0 Å². The molecule has 1 aliphatic rings. The molecule has 0 saturated carbocycles. The van der Waals surface area contributed by atoms with Crippen molar-refractivity contribution in [2.24, 2.45) is 0 Å². The van der Waals surface area contributed by atoms with Gasteiger partial charge in [0.25, 0.3) is 5.56 Å². The Morgan fingerprint density at radius 1 is 0.957 bits per heavy atom. The molecule has 2 N–H and O–H groups in total. The van der Waals surface area contributed by atoms with Crippen molar-refractivity contribution in [1.29, 1.82) is 0 Å². The topological polar surface area (TPSA) is 48.6 Å². The normalized spacial score (nSPS) is 16.7. The third-order valence-corrected chi connectivity index (χ3v) is 4.88. The van der Waals surface area contributed by atoms with E-state index in [1.807, 2.05) is 30.3 Å². The van der Waals surface area contributed by atoms with E-state index in [4.69, 9.17) is 0 Å². The second-order valence-electron chi connectivity index (χ2n) is 5.75.